The van der Waals surface area contributed by atoms with Crippen LogP contribution in [0.1, 0.15) is 0 Å². The van der Waals surface area contributed by atoms with E-state index in [2.05, 4.69) is 0 Å². The lowest BCUT2D eigenvalue weighted by molar-refractivity contribution is -0.145. The van der Waals surface area contributed by atoms with Crippen LogP contribution in [0.2, 0.25) is 0 Å². The number of carboxylic acids is 1. The van der Waals surface area contributed by atoms with Crippen molar-refractivity contribution in [1.29, 1.82) is 0 Å². The van der Waals surface area contributed by atoms with E-state index in [1.807, 2.05) is 5.32 Å². The molecule has 0 heterocycles. The predicted molar refractivity (Wildman–Crippen MR) is 35.0 cm³/mol. The van der Waals surface area contributed by atoms with Crippen LogP contribution in [0.15, 0.2) is 0 Å². The van der Waals surface area contributed by atoms with Crippen LogP contribution in [0.3, 0.4) is 0 Å². The minimum Gasteiger partial charge on any atom is -0.478 e. The summed E-state index contributed by atoms with van der Waals surface area (Å²) in [5.41, 5.74) is 9.91. The fourth-order valence-corrected chi connectivity index (χ4v) is 0.336. The lowest BCUT2D eigenvalue weighted by Gasteiger charge is -2.20. The van der Waals surface area contributed by atoms with E-state index in [1.54, 1.807) is 0 Å². The maximum atomic E-state index is 10.2. The van der Waals surface area contributed by atoms with Gasteiger partial charge in [-0.3, -0.25) is 16.8 Å². The fourth-order valence-electron chi connectivity index (χ4n) is 0.336. The van der Waals surface area contributed by atoms with Gasteiger partial charge in [-0.1, -0.05) is 0 Å². The molecule has 0 aromatic rings. The molecule has 0 spiro atoms. The third-order valence-electron chi connectivity index (χ3n) is 0.931. The lowest BCUT2D eigenvalue weighted by atomic mass is 10.4. The van der Waals surface area contributed by atoms with E-state index in [4.69, 9.17) is 26.8 Å². The van der Waals surface area contributed by atoms with Gasteiger partial charge in [0.05, 0.1) is 0 Å². The molecule has 0 aliphatic heterocycles. The molecule has 0 fully saturated rings. The molecular formula is C4H11N3O4. The number of hydrogen-bond acceptors (Lipinski definition) is 6. The first-order valence-corrected chi connectivity index (χ1v) is 2.78. The van der Waals surface area contributed by atoms with Crippen LogP contribution < -0.4 is 16.8 Å². The first-order valence-electron chi connectivity index (χ1n) is 2.78. The van der Waals surface area contributed by atoms with Gasteiger partial charge in [-0.2, -0.15) is 0 Å². The van der Waals surface area contributed by atoms with Crippen molar-refractivity contribution in [3.63, 3.8) is 0 Å². The normalized spacial score (nSPS) is 12.1. The summed E-state index contributed by atoms with van der Waals surface area (Å²) >= 11 is 0. The molecule has 0 saturated heterocycles. The van der Waals surface area contributed by atoms with E-state index in [9.17, 15) is 4.79 Å². The molecule has 7 nitrogen and oxygen atoms in total. The summed E-state index contributed by atoms with van der Waals surface area (Å²) < 4.78 is 0. The highest BCUT2D eigenvalue weighted by atomic mass is 16.5. The zero-order valence-corrected chi connectivity index (χ0v) is 5.69. The highest BCUT2D eigenvalue weighted by Gasteiger charge is 2.28. The van der Waals surface area contributed by atoms with E-state index in [-0.39, 0.29) is 0 Å². The summed E-state index contributed by atoms with van der Waals surface area (Å²) in [6, 6.07) is 0. The number of nitrogens with one attached hydrogen (secondary N) is 1. The Kier molecular flexibility index (Phi) is 3.36. The number of aliphatic hydroxyl groups is 2. The van der Waals surface area contributed by atoms with Crippen molar-refractivity contribution in [1.82, 2.24) is 5.32 Å². The Morgan fingerprint density at radius 2 is 2.00 bits per heavy atom. The Morgan fingerprint density at radius 3 is 2.27 bits per heavy atom. The fraction of sp³-hybridized carbons (Fsp3) is 0.750. The molecule has 0 saturated carbocycles. The van der Waals surface area contributed by atoms with Crippen molar-refractivity contribution in [2.24, 2.45) is 11.5 Å². The highest BCUT2D eigenvalue weighted by molar-refractivity contribution is 5.76. The Labute approximate surface area is 62.6 Å². The predicted octanol–water partition coefficient (Wildman–Crippen LogP) is -3.46. The molecule has 8 N–H and O–H groups in total. The highest BCUT2D eigenvalue weighted by Crippen LogP contribution is 1.83. The standard InChI is InChI=1S/C4H11N3O4/c5-4(6,3(10)11)7-1-2(8)9/h2,7-9H,1,5-6H2,(H,10,11). The Bertz CT molecular complexity index is 146. The molecule has 66 valence electrons. The number of carbonyl (C=O) groups is 1. The van der Waals surface area contributed by atoms with Crippen LogP contribution in [0.25, 0.3) is 0 Å². The smallest absolute Gasteiger partial charge is 0.354 e. The zero-order chi connectivity index (χ0) is 9.07. The molecule has 0 amide bonds. The molecule has 0 aromatic carbocycles. The molecule has 0 bridgehead atoms. The van der Waals surface area contributed by atoms with Crippen LogP contribution in [-0.2, 0) is 4.79 Å². The molecular weight excluding hydrogens is 154 g/mol. The van der Waals surface area contributed by atoms with Gasteiger partial charge in [-0.25, -0.2) is 4.79 Å². The lowest BCUT2D eigenvalue weighted by Crippen LogP contribution is -2.67. The van der Waals surface area contributed by atoms with Crippen molar-refractivity contribution in [2.45, 2.75) is 12.1 Å². The van der Waals surface area contributed by atoms with Crippen LogP contribution in [0.4, 0.5) is 0 Å². The maximum Gasteiger partial charge on any atom is 0.354 e. The molecule has 0 aliphatic rings. The summed E-state index contributed by atoms with van der Waals surface area (Å²) in [6.07, 6.45) is -1.68. The average Bonchev–Trinajstić information content (AvgIpc) is 1.84. The van der Waals surface area contributed by atoms with Gasteiger partial charge in [0.25, 0.3) is 0 Å². The molecule has 0 rings (SSSR count). The SMILES string of the molecule is NC(N)(NCC(O)O)C(=O)O. The zero-order valence-electron chi connectivity index (χ0n) is 5.69. The number of hydrogen-bond donors (Lipinski definition) is 6. The second-order valence-corrected chi connectivity index (χ2v) is 2.04. The maximum absolute atomic E-state index is 10.2. The quantitative estimate of drug-likeness (QED) is 0.238. The van der Waals surface area contributed by atoms with Crippen LogP contribution >= 0.6 is 0 Å². The molecule has 0 atom stereocenters. The van der Waals surface area contributed by atoms with Crippen molar-refractivity contribution in [3.8, 4) is 0 Å². The van der Waals surface area contributed by atoms with Crippen molar-refractivity contribution in [2.75, 3.05) is 6.54 Å². The van der Waals surface area contributed by atoms with Gasteiger partial charge in [-0.15, -0.1) is 0 Å². The number of rotatable bonds is 4. The molecule has 0 unspecified atom stereocenters. The number of carboxylic acid groups (broad SMARTS) is 1. The van der Waals surface area contributed by atoms with E-state index < -0.39 is 24.6 Å². The molecule has 0 aliphatic carbocycles. The molecule has 0 radical (unpaired) electrons. The van der Waals surface area contributed by atoms with Gasteiger partial charge in [-0.05, 0) is 0 Å². The summed E-state index contributed by atoms with van der Waals surface area (Å²) in [5.74, 6) is -3.60. The number of aliphatic carboxylic acids is 1. The first kappa shape index (κ1) is 10.3. The Morgan fingerprint density at radius 1 is 1.55 bits per heavy atom. The summed E-state index contributed by atoms with van der Waals surface area (Å²) in [6.45, 7) is -0.403. The van der Waals surface area contributed by atoms with Gasteiger partial charge in [0.1, 0.15) is 0 Å². The first-order chi connectivity index (χ1) is 4.86. The van der Waals surface area contributed by atoms with E-state index >= 15 is 0 Å². The van der Waals surface area contributed by atoms with Gasteiger partial charge in [0, 0.05) is 6.54 Å². The van der Waals surface area contributed by atoms with Crippen molar-refractivity contribution in [3.05, 3.63) is 0 Å². The van der Waals surface area contributed by atoms with Gasteiger partial charge >= 0.3 is 5.97 Å². The second-order valence-electron chi connectivity index (χ2n) is 2.04. The second kappa shape index (κ2) is 3.60. The van der Waals surface area contributed by atoms with Crippen LogP contribution in [-0.4, -0.2) is 39.9 Å². The van der Waals surface area contributed by atoms with E-state index in [0.29, 0.717) is 0 Å². The summed E-state index contributed by atoms with van der Waals surface area (Å²) in [4.78, 5) is 10.2. The Hall–Kier alpha value is -0.730. The van der Waals surface area contributed by atoms with E-state index in [0.717, 1.165) is 0 Å². The summed E-state index contributed by atoms with van der Waals surface area (Å²) in [7, 11) is 0. The Balaban J connectivity index is 3.83. The largest absolute Gasteiger partial charge is 0.478 e. The minimum absolute atomic E-state index is 0.403. The van der Waals surface area contributed by atoms with Gasteiger partial charge in [0.2, 0.25) is 5.79 Å². The van der Waals surface area contributed by atoms with Gasteiger partial charge in [0.15, 0.2) is 6.29 Å². The molecule has 7 heteroatoms. The summed E-state index contributed by atoms with van der Waals surface area (Å²) in [5, 5.41) is 26.9. The van der Waals surface area contributed by atoms with Crippen LogP contribution in [0.5, 0.6) is 0 Å². The monoisotopic (exact) mass is 165 g/mol. The van der Waals surface area contributed by atoms with Gasteiger partial charge < -0.3 is 15.3 Å². The van der Waals surface area contributed by atoms with Crippen molar-refractivity contribution >= 4 is 5.97 Å². The van der Waals surface area contributed by atoms with Crippen molar-refractivity contribution < 1.29 is 20.1 Å². The third kappa shape index (κ3) is 3.86. The van der Waals surface area contributed by atoms with Crippen LogP contribution in [0, 0.1) is 0 Å². The number of aliphatic hydroxyl groups excluding tert-OH is 1. The number of nitrogens with two attached hydrogens (primary N) is 2. The van der Waals surface area contributed by atoms with E-state index in [1.165, 1.54) is 0 Å². The molecule has 0 aromatic heterocycles. The third-order valence-corrected chi connectivity index (χ3v) is 0.931. The minimum atomic E-state index is -2.12. The molecule has 11 heavy (non-hydrogen) atoms. The topological polar surface area (TPSA) is 142 Å². The average molecular weight is 165 g/mol.